The van der Waals surface area contributed by atoms with Crippen molar-refractivity contribution in [2.75, 3.05) is 28.3 Å². The van der Waals surface area contributed by atoms with Crippen LogP contribution in [0.15, 0.2) is 18.2 Å². The molecule has 5 nitrogen and oxygen atoms in total. The van der Waals surface area contributed by atoms with Gasteiger partial charge in [0.15, 0.2) is 17.5 Å². The molecule has 1 aromatic carbocycles. The maximum absolute atomic E-state index is 11.6. The summed E-state index contributed by atoms with van der Waals surface area (Å²) in [5, 5.41) is 2.67. The van der Waals surface area contributed by atoms with Crippen LogP contribution in [0.3, 0.4) is 0 Å². The summed E-state index contributed by atoms with van der Waals surface area (Å²) in [5.74, 6) is 1.47. The van der Waals surface area contributed by atoms with E-state index in [0.717, 1.165) is 16.2 Å². The van der Waals surface area contributed by atoms with Gasteiger partial charge in [-0.05, 0) is 19.1 Å². The van der Waals surface area contributed by atoms with E-state index in [2.05, 4.69) is 5.32 Å². The van der Waals surface area contributed by atoms with Crippen LogP contribution in [0.2, 0.25) is 0 Å². The summed E-state index contributed by atoms with van der Waals surface area (Å²) in [6.45, 7) is 2.59. The first-order valence-electron chi connectivity index (χ1n) is 6.28. The fourth-order valence-corrected chi connectivity index (χ4v) is 1.99. The van der Waals surface area contributed by atoms with Crippen molar-refractivity contribution in [3.8, 4) is 11.5 Å². The second kappa shape index (κ2) is 6.99. The smallest absolute Gasteiger partial charge is 0.277 e. The number of amides is 1. The molecular formula is C14H23N2O3+. The van der Waals surface area contributed by atoms with Crippen LogP contribution in [0.5, 0.6) is 11.5 Å². The molecule has 1 aromatic rings. The molecule has 5 heteroatoms. The Morgan fingerprint density at radius 2 is 2.05 bits per heavy atom. The molecular weight excluding hydrogens is 244 g/mol. The number of methoxy groups -OCH3 is 2. The Hall–Kier alpha value is -1.75. The minimum atomic E-state index is -0.124. The highest BCUT2D eigenvalue weighted by atomic mass is 16.5. The minimum Gasteiger partial charge on any atom is -0.493 e. The third kappa shape index (κ3) is 3.61. The Kier molecular flexibility index (Phi) is 5.63. The summed E-state index contributed by atoms with van der Waals surface area (Å²) in [5.41, 5.74) is 1.02. The molecule has 106 valence electrons. The first kappa shape index (κ1) is 15.3. The van der Waals surface area contributed by atoms with Gasteiger partial charge in [-0.3, -0.25) is 4.79 Å². The van der Waals surface area contributed by atoms with Gasteiger partial charge in [0.25, 0.3) is 5.91 Å². The van der Waals surface area contributed by atoms with Gasteiger partial charge < -0.3 is 19.7 Å². The number of quaternary nitrogens is 1. The Balaban J connectivity index is 2.90. The van der Waals surface area contributed by atoms with E-state index in [1.165, 1.54) is 0 Å². The van der Waals surface area contributed by atoms with E-state index < -0.39 is 0 Å². The number of carbonyl (C=O) groups is 1. The number of para-hydroxylation sites is 1. The van der Waals surface area contributed by atoms with Gasteiger partial charge in [-0.2, -0.15) is 0 Å². The van der Waals surface area contributed by atoms with Crippen molar-refractivity contribution >= 4 is 5.91 Å². The average Bonchev–Trinajstić information content (AvgIpc) is 2.44. The standard InChI is InChI=1S/C14H22N2O3/c1-10(14(17)15-2)16(3)9-11-7-6-8-12(18-4)13(11)19-5/h6-8,10H,9H2,1-5H3,(H,15,17)/p+1/t10-/m0/s1. The van der Waals surface area contributed by atoms with Gasteiger partial charge in [0.05, 0.1) is 26.8 Å². The molecule has 1 unspecified atom stereocenters. The predicted molar refractivity (Wildman–Crippen MR) is 73.7 cm³/mol. The van der Waals surface area contributed by atoms with Crippen molar-refractivity contribution in [1.29, 1.82) is 0 Å². The zero-order valence-corrected chi connectivity index (χ0v) is 12.2. The lowest BCUT2D eigenvalue weighted by molar-refractivity contribution is -0.908. The fraction of sp³-hybridized carbons (Fsp3) is 0.500. The molecule has 0 heterocycles. The number of carbonyl (C=O) groups excluding carboxylic acids is 1. The van der Waals surface area contributed by atoms with Crippen LogP contribution in [0.1, 0.15) is 12.5 Å². The van der Waals surface area contributed by atoms with Crippen molar-refractivity contribution in [3.05, 3.63) is 23.8 Å². The van der Waals surface area contributed by atoms with Crippen molar-refractivity contribution in [3.63, 3.8) is 0 Å². The summed E-state index contributed by atoms with van der Waals surface area (Å²) in [6.07, 6.45) is 0. The molecule has 2 atom stereocenters. The SMILES string of the molecule is CNC(=O)[C@H](C)[NH+](C)Cc1cccc(OC)c1OC. The molecule has 0 aliphatic heterocycles. The van der Waals surface area contributed by atoms with Crippen molar-refractivity contribution in [2.45, 2.75) is 19.5 Å². The van der Waals surface area contributed by atoms with E-state index in [0.29, 0.717) is 12.3 Å². The molecule has 0 aliphatic rings. The van der Waals surface area contributed by atoms with Gasteiger partial charge >= 0.3 is 0 Å². The lowest BCUT2D eigenvalue weighted by Crippen LogP contribution is -3.12. The van der Waals surface area contributed by atoms with Gasteiger partial charge in [0.1, 0.15) is 6.54 Å². The maximum Gasteiger partial charge on any atom is 0.277 e. The number of rotatable bonds is 6. The molecule has 1 rings (SSSR count). The normalized spacial score (nSPS) is 13.5. The Bertz CT molecular complexity index is 435. The quantitative estimate of drug-likeness (QED) is 0.754. The molecule has 0 spiro atoms. The number of hydrogen-bond acceptors (Lipinski definition) is 3. The number of likely N-dealkylation sites (N-methyl/N-ethyl adjacent to an activating group) is 2. The molecule has 19 heavy (non-hydrogen) atoms. The van der Waals surface area contributed by atoms with Crippen LogP contribution in [0.25, 0.3) is 0 Å². The predicted octanol–water partition coefficient (Wildman–Crippen LogP) is -0.147. The van der Waals surface area contributed by atoms with Crippen molar-refractivity contribution < 1.29 is 19.2 Å². The first-order valence-corrected chi connectivity index (χ1v) is 6.28. The van der Waals surface area contributed by atoms with Crippen LogP contribution in [-0.2, 0) is 11.3 Å². The Labute approximate surface area is 114 Å². The Morgan fingerprint density at radius 3 is 2.58 bits per heavy atom. The summed E-state index contributed by atoms with van der Waals surface area (Å²) < 4.78 is 10.7. The van der Waals surface area contributed by atoms with Crippen LogP contribution >= 0.6 is 0 Å². The highest BCUT2D eigenvalue weighted by molar-refractivity contribution is 5.79. The average molecular weight is 267 g/mol. The number of hydrogen-bond donors (Lipinski definition) is 2. The Morgan fingerprint density at radius 1 is 1.37 bits per heavy atom. The number of benzene rings is 1. The third-order valence-corrected chi connectivity index (χ3v) is 3.33. The van der Waals surface area contributed by atoms with Crippen molar-refractivity contribution in [1.82, 2.24) is 5.32 Å². The largest absolute Gasteiger partial charge is 0.493 e. The highest BCUT2D eigenvalue weighted by Gasteiger charge is 2.22. The summed E-state index contributed by atoms with van der Waals surface area (Å²) in [4.78, 5) is 12.7. The zero-order valence-electron chi connectivity index (χ0n) is 12.2. The highest BCUT2D eigenvalue weighted by Crippen LogP contribution is 2.30. The lowest BCUT2D eigenvalue weighted by Gasteiger charge is -2.21. The molecule has 1 amide bonds. The maximum atomic E-state index is 11.6. The molecule has 0 saturated carbocycles. The second-order valence-corrected chi connectivity index (χ2v) is 4.51. The summed E-state index contributed by atoms with van der Waals surface area (Å²) in [6, 6.07) is 5.65. The molecule has 0 saturated heterocycles. The molecule has 0 aromatic heterocycles. The molecule has 0 radical (unpaired) electrons. The molecule has 0 fully saturated rings. The van der Waals surface area contributed by atoms with E-state index in [9.17, 15) is 4.79 Å². The third-order valence-electron chi connectivity index (χ3n) is 3.33. The summed E-state index contributed by atoms with van der Waals surface area (Å²) in [7, 11) is 6.88. The molecule has 0 aliphatic carbocycles. The van der Waals surface area contributed by atoms with Gasteiger partial charge in [0, 0.05) is 7.05 Å². The van der Waals surface area contributed by atoms with E-state index >= 15 is 0 Å². The minimum absolute atomic E-state index is 0.0272. The van der Waals surface area contributed by atoms with E-state index in [1.807, 2.05) is 32.2 Å². The number of ether oxygens (including phenoxy) is 2. The van der Waals surface area contributed by atoms with E-state index in [4.69, 9.17) is 9.47 Å². The van der Waals surface area contributed by atoms with Crippen LogP contribution in [-0.4, -0.2) is 40.3 Å². The van der Waals surface area contributed by atoms with Crippen molar-refractivity contribution in [2.24, 2.45) is 0 Å². The van der Waals surface area contributed by atoms with Gasteiger partial charge in [-0.25, -0.2) is 0 Å². The van der Waals surface area contributed by atoms with Crippen LogP contribution in [0.4, 0.5) is 0 Å². The molecule has 0 bridgehead atoms. The zero-order chi connectivity index (χ0) is 14.4. The summed E-state index contributed by atoms with van der Waals surface area (Å²) >= 11 is 0. The lowest BCUT2D eigenvalue weighted by atomic mass is 10.1. The van der Waals surface area contributed by atoms with Gasteiger partial charge in [-0.1, -0.05) is 6.07 Å². The monoisotopic (exact) mass is 267 g/mol. The van der Waals surface area contributed by atoms with Crippen LogP contribution < -0.4 is 19.7 Å². The topological polar surface area (TPSA) is 52.0 Å². The number of nitrogens with one attached hydrogen (secondary N) is 2. The second-order valence-electron chi connectivity index (χ2n) is 4.51. The van der Waals surface area contributed by atoms with E-state index in [1.54, 1.807) is 21.3 Å². The van der Waals surface area contributed by atoms with Crippen LogP contribution in [0, 0.1) is 0 Å². The van der Waals surface area contributed by atoms with E-state index in [-0.39, 0.29) is 11.9 Å². The van der Waals surface area contributed by atoms with Gasteiger partial charge in [-0.15, -0.1) is 0 Å². The first-order chi connectivity index (χ1) is 9.04. The molecule has 2 N–H and O–H groups in total. The fourth-order valence-electron chi connectivity index (χ4n) is 1.99. The van der Waals surface area contributed by atoms with Gasteiger partial charge in [0.2, 0.25) is 0 Å².